The number of hydrogen-bond donors (Lipinski definition) is 0. The number of carbonyl (C=O) groups is 1. The van der Waals surface area contributed by atoms with Crippen LogP contribution in [-0.2, 0) is 16.7 Å². The summed E-state index contributed by atoms with van der Waals surface area (Å²) in [5.74, 6) is -6.78. The molecule has 0 spiro atoms. The Morgan fingerprint density at radius 1 is 1.32 bits per heavy atom. The van der Waals surface area contributed by atoms with Gasteiger partial charge in [0.1, 0.15) is 5.69 Å². The molecule has 0 unspecified atom stereocenters. The van der Waals surface area contributed by atoms with E-state index in [4.69, 9.17) is 4.74 Å². The number of rotatable bonds is 5. The van der Waals surface area contributed by atoms with E-state index in [0.29, 0.717) is 12.8 Å². The summed E-state index contributed by atoms with van der Waals surface area (Å²) in [5, 5.41) is 4.25. The van der Waals surface area contributed by atoms with Crippen molar-refractivity contribution in [3.63, 3.8) is 0 Å². The summed E-state index contributed by atoms with van der Waals surface area (Å²) < 4.78 is 60.9. The van der Waals surface area contributed by atoms with Crippen molar-refractivity contribution in [2.45, 2.75) is 63.3 Å². The Kier molecular flexibility index (Phi) is 3.21. The summed E-state index contributed by atoms with van der Waals surface area (Å²) in [6.45, 7) is 3.55. The number of esters is 1. The number of nitrogens with zero attached hydrogens (tertiary/aromatic N) is 2. The Morgan fingerprint density at radius 2 is 1.96 bits per heavy atom. The lowest BCUT2D eigenvalue weighted by Gasteiger charge is -2.66. The zero-order valence-corrected chi connectivity index (χ0v) is 14.1. The molecule has 0 saturated heterocycles. The van der Waals surface area contributed by atoms with Gasteiger partial charge in [-0.05, 0) is 31.2 Å². The summed E-state index contributed by atoms with van der Waals surface area (Å²) in [5.41, 5.74) is -1.77. The van der Waals surface area contributed by atoms with E-state index in [9.17, 15) is 22.4 Å². The van der Waals surface area contributed by atoms with Crippen molar-refractivity contribution in [1.82, 2.24) is 9.78 Å². The van der Waals surface area contributed by atoms with Gasteiger partial charge in [-0.2, -0.15) is 5.10 Å². The average Bonchev–Trinajstić information content (AvgIpc) is 2.77. The molecule has 1 heterocycles. The monoisotopic (exact) mass is 360 g/mol. The summed E-state index contributed by atoms with van der Waals surface area (Å²) >= 11 is 0. The summed E-state index contributed by atoms with van der Waals surface area (Å²) in [4.78, 5) is 12.2. The Morgan fingerprint density at radius 3 is 2.40 bits per heavy atom. The second kappa shape index (κ2) is 4.76. The summed E-state index contributed by atoms with van der Waals surface area (Å²) in [6.07, 6.45) is 0.102. The van der Waals surface area contributed by atoms with Gasteiger partial charge >= 0.3 is 5.97 Å². The fourth-order valence-electron chi connectivity index (χ4n) is 4.63. The van der Waals surface area contributed by atoms with E-state index in [-0.39, 0.29) is 37.4 Å². The van der Waals surface area contributed by atoms with Gasteiger partial charge in [-0.3, -0.25) is 4.68 Å². The minimum atomic E-state index is -2.80. The van der Waals surface area contributed by atoms with E-state index < -0.39 is 34.6 Å². The number of aromatic nitrogens is 2. The third-order valence-electron chi connectivity index (χ3n) is 6.00. The number of ether oxygens (including phenoxy) is 1. The van der Waals surface area contributed by atoms with Gasteiger partial charge in [-0.25, -0.2) is 22.4 Å². The second-order valence-electron chi connectivity index (χ2n) is 8.12. The smallest absolute Gasteiger partial charge is 0.356 e. The largest absolute Gasteiger partial charge is 0.461 e. The molecule has 1 aromatic rings. The highest BCUT2D eigenvalue weighted by Crippen LogP contribution is 2.73. The second-order valence-corrected chi connectivity index (χ2v) is 8.12. The highest BCUT2D eigenvalue weighted by atomic mass is 19.3. The molecule has 0 N–H and O–H groups in total. The fourth-order valence-corrected chi connectivity index (χ4v) is 4.63. The first-order valence-electron chi connectivity index (χ1n) is 8.53. The summed E-state index contributed by atoms with van der Waals surface area (Å²) in [6, 6.07) is 1.36. The van der Waals surface area contributed by atoms with Gasteiger partial charge in [0.2, 0.25) is 5.92 Å². The molecule has 8 heteroatoms. The van der Waals surface area contributed by atoms with Gasteiger partial charge in [0.15, 0.2) is 0 Å². The van der Waals surface area contributed by atoms with Crippen LogP contribution in [-0.4, -0.2) is 34.2 Å². The van der Waals surface area contributed by atoms with Crippen LogP contribution in [0.3, 0.4) is 0 Å². The van der Waals surface area contributed by atoms with E-state index >= 15 is 0 Å². The highest BCUT2D eigenvalue weighted by Gasteiger charge is 2.80. The predicted molar refractivity (Wildman–Crippen MR) is 79.8 cm³/mol. The van der Waals surface area contributed by atoms with Crippen molar-refractivity contribution in [2.24, 2.45) is 11.3 Å². The maximum Gasteiger partial charge on any atom is 0.356 e. The molecule has 1 aromatic heterocycles. The van der Waals surface area contributed by atoms with Crippen LogP contribution in [0.25, 0.3) is 0 Å². The predicted octanol–water partition coefficient (Wildman–Crippen LogP) is 3.79. The quantitative estimate of drug-likeness (QED) is 0.593. The van der Waals surface area contributed by atoms with Crippen LogP contribution >= 0.6 is 0 Å². The van der Waals surface area contributed by atoms with E-state index in [1.54, 1.807) is 13.8 Å². The van der Waals surface area contributed by atoms with Crippen molar-refractivity contribution >= 4 is 5.97 Å². The molecule has 0 radical (unpaired) electrons. The number of alkyl halides is 4. The molecule has 5 rings (SSSR count). The molecule has 0 aliphatic heterocycles. The van der Waals surface area contributed by atoms with Crippen molar-refractivity contribution in [1.29, 1.82) is 0 Å². The molecule has 4 nitrogen and oxygen atoms in total. The Labute approximate surface area is 142 Å². The van der Waals surface area contributed by atoms with Gasteiger partial charge in [-0.1, -0.05) is 6.92 Å². The lowest BCUT2D eigenvalue weighted by atomic mass is 9.40. The van der Waals surface area contributed by atoms with E-state index in [0.717, 1.165) is 0 Å². The van der Waals surface area contributed by atoms with Crippen molar-refractivity contribution in [2.75, 3.05) is 6.61 Å². The highest BCUT2D eigenvalue weighted by molar-refractivity contribution is 5.87. The van der Waals surface area contributed by atoms with Crippen molar-refractivity contribution in [3.05, 3.63) is 17.5 Å². The minimum Gasteiger partial charge on any atom is -0.461 e. The maximum absolute atomic E-state index is 14.1. The lowest BCUT2D eigenvalue weighted by Crippen LogP contribution is -2.73. The Balaban J connectivity index is 1.64. The van der Waals surface area contributed by atoms with E-state index in [1.165, 1.54) is 10.7 Å². The van der Waals surface area contributed by atoms with Crippen LogP contribution < -0.4 is 0 Å². The maximum atomic E-state index is 14.1. The van der Waals surface area contributed by atoms with Crippen LogP contribution in [0.5, 0.6) is 0 Å². The molecule has 4 aliphatic rings. The SMILES string of the molecule is CCOC(=O)c1cc(C23CC(C2)C3(F)F)nn1CC1(C)CC(F)(F)C1. The van der Waals surface area contributed by atoms with Crippen molar-refractivity contribution in [3.8, 4) is 0 Å². The molecule has 4 aliphatic carbocycles. The molecule has 4 saturated carbocycles. The van der Waals surface area contributed by atoms with Crippen molar-refractivity contribution < 1.29 is 27.1 Å². The van der Waals surface area contributed by atoms with Crippen LogP contribution in [0.2, 0.25) is 0 Å². The molecule has 0 amide bonds. The molecule has 138 valence electrons. The van der Waals surface area contributed by atoms with Gasteiger partial charge in [0.05, 0.1) is 17.7 Å². The normalized spacial score (nSPS) is 33.0. The fraction of sp³-hybridized carbons (Fsp3) is 0.765. The topological polar surface area (TPSA) is 44.1 Å². The van der Waals surface area contributed by atoms with Crippen LogP contribution in [0.4, 0.5) is 17.6 Å². The van der Waals surface area contributed by atoms with Gasteiger partial charge in [0.25, 0.3) is 5.92 Å². The minimum absolute atomic E-state index is 0.0637. The third kappa shape index (κ3) is 2.18. The van der Waals surface area contributed by atoms with Gasteiger partial charge in [-0.15, -0.1) is 0 Å². The summed E-state index contributed by atoms with van der Waals surface area (Å²) in [7, 11) is 0. The van der Waals surface area contributed by atoms with Crippen LogP contribution in [0, 0.1) is 11.3 Å². The third-order valence-corrected chi connectivity index (χ3v) is 6.00. The number of carbonyl (C=O) groups excluding carboxylic acids is 1. The lowest BCUT2D eigenvalue weighted by molar-refractivity contribution is -0.304. The average molecular weight is 360 g/mol. The van der Waals surface area contributed by atoms with E-state index in [1.807, 2.05) is 0 Å². The van der Waals surface area contributed by atoms with Crippen LogP contribution in [0.15, 0.2) is 6.07 Å². The molecular formula is C17H20F4N2O2. The first-order chi connectivity index (χ1) is 11.5. The first kappa shape index (κ1) is 16.8. The molecule has 2 bridgehead atoms. The van der Waals surface area contributed by atoms with Gasteiger partial charge in [0, 0.05) is 25.3 Å². The standard InChI is InChI=1S/C17H20F4N2O2/c1-3-25-13(24)11-4-12(15-5-10(6-15)17(15,20)21)22-23(11)9-14(2)7-16(18,19)8-14/h4,10H,3,5-9H2,1-2H3. The van der Waals surface area contributed by atoms with Gasteiger partial charge < -0.3 is 4.74 Å². The van der Waals surface area contributed by atoms with Crippen LogP contribution in [0.1, 0.15) is 55.7 Å². The number of hydrogen-bond acceptors (Lipinski definition) is 3. The Hall–Kier alpha value is -1.60. The Bertz CT molecular complexity index is 729. The molecule has 0 aromatic carbocycles. The molecule has 25 heavy (non-hydrogen) atoms. The zero-order valence-electron chi connectivity index (χ0n) is 14.1. The molecule has 4 fully saturated rings. The first-order valence-corrected chi connectivity index (χ1v) is 8.53. The molecular weight excluding hydrogens is 340 g/mol. The number of halogens is 4. The zero-order chi connectivity index (χ0) is 18.3. The molecule has 0 atom stereocenters. The van der Waals surface area contributed by atoms with E-state index in [2.05, 4.69) is 5.10 Å².